The number of amides is 1. The number of rotatable bonds is 7. The molecule has 174 valence electrons. The van der Waals surface area contributed by atoms with Gasteiger partial charge in [0.1, 0.15) is 0 Å². The van der Waals surface area contributed by atoms with Crippen LogP contribution >= 0.6 is 22.9 Å². The molecule has 0 saturated carbocycles. The summed E-state index contributed by atoms with van der Waals surface area (Å²) in [6.07, 6.45) is 2.52. The lowest BCUT2D eigenvalue weighted by Gasteiger charge is -2.09. The first-order chi connectivity index (χ1) is 17.0. The minimum atomic E-state index is -0.0982. The average Bonchev–Trinajstić information content (AvgIpc) is 3.24. The summed E-state index contributed by atoms with van der Waals surface area (Å²) in [6.45, 7) is 1.00. The van der Waals surface area contributed by atoms with Crippen molar-refractivity contribution in [2.24, 2.45) is 0 Å². The van der Waals surface area contributed by atoms with Crippen molar-refractivity contribution < 1.29 is 4.79 Å². The quantitative estimate of drug-likeness (QED) is 0.287. The van der Waals surface area contributed by atoms with Crippen LogP contribution in [0.15, 0.2) is 102 Å². The monoisotopic (exact) mass is 498 g/mol. The van der Waals surface area contributed by atoms with E-state index in [9.17, 15) is 9.59 Å². The third kappa shape index (κ3) is 5.70. The number of carbonyl (C=O) groups is 1. The zero-order chi connectivity index (χ0) is 24.2. The number of nitrogens with one attached hydrogen (secondary N) is 1. The summed E-state index contributed by atoms with van der Waals surface area (Å²) >= 11 is 7.65. The standard InChI is InChI=1S/C29H23ClN2O2S/c30-27-17-25-16-23(11-12-26(25)35-27)18-31-29(34)24-5-3-4-22(15-24)14-20-7-9-21(10-8-20)19-32-13-2-1-6-28(32)33/h1-13,15-17H,14,18-19H2,(H,31,34). The highest BCUT2D eigenvalue weighted by molar-refractivity contribution is 7.22. The van der Waals surface area contributed by atoms with Crippen LogP contribution in [0.4, 0.5) is 0 Å². The molecule has 35 heavy (non-hydrogen) atoms. The maximum absolute atomic E-state index is 12.8. The molecule has 0 fully saturated rings. The molecule has 0 spiro atoms. The second-order valence-electron chi connectivity index (χ2n) is 8.47. The third-order valence-corrected chi connectivity index (χ3v) is 7.12. The van der Waals surface area contributed by atoms with Gasteiger partial charge in [-0.25, -0.2) is 0 Å². The number of carbonyl (C=O) groups excluding carboxylic acids is 1. The molecule has 3 aromatic carbocycles. The van der Waals surface area contributed by atoms with Crippen molar-refractivity contribution in [2.45, 2.75) is 19.5 Å². The molecule has 5 rings (SSSR count). The van der Waals surface area contributed by atoms with Crippen molar-refractivity contribution in [1.82, 2.24) is 9.88 Å². The van der Waals surface area contributed by atoms with Gasteiger partial charge in [-0.2, -0.15) is 0 Å². The SMILES string of the molecule is O=C(NCc1ccc2sc(Cl)cc2c1)c1cccc(Cc2ccc(Cn3ccccc3=O)cc2)c1. The second-order valence-corrected chi connectivity index (χ2v) is 10.2. The zero-order valence-corrected chi connectivity index (χ0v) is 20.5. The van der Waals surface area contributed by atoms with Gasteiger partial charge in [-0.1, -0.05) is 60.1 Å². The predicted molar refractivity (Wildman–Crippen MR) is 143 cm³/mol. The first-order valence-corrected chi connectivity index (χ1v) is 12.5. The van der Waals surface area contributed by atoms with Crippen LogP contribution in [0.2, 0.25) is 4.34 Å². The van der Waals surface area contributed by atoms with E-state index in [1.807, 2.05) is 60.7 Å². The van der Waals surface area contributed by atoms with Crippen molar-refractivity contribution in [3.8, 4) is 0 Å². The average molecular weight is 499 g/mol. The molecule has 4 nitrogen and oxygen atoms in total. The number of hydrogen-bond acceptors (Lipinski definition) is 3. The van der Waals surface area contributed by atoms with E-state index in [0.717, 1.165) is 43.1 Å². The Bertz CT molecular complexity index is 1550. The van der Waals surface area contributed by atoms with E-state index < -0.39 is 0 Å². The molecular weight excluding hydrogens is 476 g/mol. The van der Waals surface area contributed by atoms with Crippen molar-refractivity contribution in [3.05, 3.63) is 140 Å². The molecule has 0 aliphatic rings. The molecule has 2 heterocycles. The Balaban J connectivity index is 1.21. The van der Waals surface area contributed by atoms with E-state index in [-0.39, 0.29) is 11.5 Å². The summed E-state index contributed by atoms with van der Waals surface area (Å²) in [6, 6.07) is 29.2. The van der Waals surface area contributed by atoms with Gasteiger partial charge in [0.25, 0.3) is 11.5 Å². The lowest BCUT2D eigenvalue weighted by atomic mass is 10.0. The Hall–Kier alpha value is -3.67. The Morgan fingerprint density at radius 3 is 2.46 bits per heavy atom. The van der Waals surface area contributed by atoms with E-state index >= 15 is 0 Å². The lowest BCUT2D eigenvalue weighted by Crippen LogP contribution is -2.22. The van der Waals surface area contributed by atoms with E-state index in [2.05, 4.69) is 23.5 Å². The molecular formula is C29H23ClN2O2S. The van der Waals surface area contributed by atoms with E-state index in [1.165, 1.54) is 0 Å². The highest BCUT2D eigenvalue weighted by atomic mass is 35.5. The van der Waals surface area contributed by atoms with Gasteiger partial charge in [0.2, 0.25) is 0 Å². The van der Waals surface area contributed by atoms with E-state index in [1.54, 1.807) is 34.2 Å². The van der Waals surface area contributed by atoms with Gasteiger partial charge >= 0.3 is 0 Å². The molecule has 0 aliphatic carbocycles. The molecule has 1 amide bonds. The molecule has 0 saturated heterocycles. The van der Waals surface area contributed by atoms with Crippen LogP contribution in [0.3, 0.4) is 0 Å². The van der Waals surface area contributed by atoms with Crippen LogP contribution in [0.1, 0.15) is 32.6 Å². The number of nitrogens with zero attached hydrogens (tertiary/aromatic N) is 1. The van der Waals surface area contributed by atoms with Crippen LogP contribution in [0.5, 0.6) is 0 Å². The largest absolute Gasteiger partial charge is 0.348 e. The van der Waals surface area contributed by atoms with Gasteiger partial charge < -0.3 is 9.88 Å². The smallest absolute Gasteiger partial charge is 0.251 e. The molecule has 6 heteroatoms. The molecule has 0 aliphatic heterocycles. The Morgan fingerprint density at radius 1 is 0.829 bits per heavy atom. The van der Waals surface area contributed by atoms with Crippen LogP contribution in [0, 0.1) is 0 Å². The van der Waals surface area contributed by atoms with Gasteiger partial charge in [0, 0.05) is 29.1 Å². The van der Waals surface area contributed by atoms with Gasteiger partial charge in [0.05, 0.1) is 10.9 Å². The molecule has 0 atom stereocenters. The third-order valence-electron chi connectivity index (χ3n) is 5.88. The number of hydrogen-bond donors (Lipinski definition) is 1. The Labute approximate surface area is 212 Å². The van der Waals surface area contributed by atoms with Crippen LogP contribution in [-0.4, -0.2) is 10.5 Å². The van der Waals surface area contributed by atoms with E-state index in [4.69, 9.17) is 11.6 Å². The highest BCUT2D eigenvalue weighted by Crippen LogP contribution is 2.29. The molecule has 2 aromatic heterocycles. The lowest BCUT2D eigenvalue weighted by molar-refractivity contribution is 0.0951. The maximum atomic E-state index is 12.8. The maximum Gasteiger partial charge on any atom is 0.251 e. The normalized spacial score (nSPS) is 11.0. The fourth-order valence-electron chi connectivity index (χ4n) is 4.06. The van der Waals surface area contributed by atoms with Crippen molar-refractivity contribution in [1.29, 1.82) is 0 Å². The van der Waals surface area contributed by atoms with Crippen molar-refractivity contribution >= 4 is 38.9 Å². The number of benzene rings is 3. The molecule has 5 aromatic rings. The fraction of sp³-hybridized carbons (Fsp3) is 0.103. The zero-order valence-electron chi connectivity index (χ0n) is 18.9. The summed E-state index contributed by atoms with van der Waals surface area (Å²) in [5.41, 5.74) is 4.95. The Kier molecular flexibility index (Phi) is 6.80. The summed E-state index contributed by atoms with van der Waals surface area (Å²) in [5, 5.41) is 4.11. The number of thiophene rings is 1. The number of aromatic nitrogens is 1. The number of fused-ring (bicyclic) bond motifs is 1. The van der Waals surface area contributed by atoms with Crippen LogP contribution < -0.4 is 10.9 Å². The molecule has 0 unspecified atom stereocenters. The molecule has 0 radical (unpaired) electrons. The van der Waals surface area contributed by atoms with Crippen LogP contribution in [0.25, 0.3) is 10.1 Å². The Morgan fingerprint density at radius 2 is 1.63 bits per heavy atom. The van der Waals surface area contributed by atoms with Crippen molar-refractivity contribution in [3.63, 3.8) is 0 Å². The van der Waals surface area contributed by atoms with Gasteiger partial charge in [-0.05, 0) is 70.5 Å². The van der Waals surface area contributed by atoms with Gasteiger partial charge in [-0.3, -0.25) is 9.59 Å². The predicted octanol–water partition coefficient (Wildman–Crippen LogP) is 6.29. The molecule has 0 bridgehead atoms. The first-order valence-electron chi connectivity index (χ1n) is 11.3. The van der Waals surface area contributed by atoms with Crippen LogP contribution in [-0.2, 0) is 19.5 Å². The highest BCUT2D eigenvalue weighted by Gasteiger charge is 2.08. The summed E-state index contributed by atoms with van der Waals surface area (Å²) in [5.74, 6) is -0.0982. The molecule has 1 N–H and O–H groups in total. The second kappa shape index (κ2) is 10.3. The van der Waals surface area contributed by atoms with Gasteiger partial charge in [0.15, 0.2) is 0 Å². The minimum Gasteiger partial charge on any atom is -0.348 e. The minimum absolute atomic E-state index is 0.0110. The summed E-state index contributed by atoms with van der Waals surface area (Å²) in [4.78, 5) is 24.7. The van der Waals surface area contributed by atoms with Crippen molar-refractivity contribution in [2.75, 3.05) is 0 Å². The van der Waals surface area contributed by atoms with E-state index in [0.29, 0.717) is 18.7 Å². The number of pyridine rings is 1. The number of halogens is 1. The first kappa shape index (κ1) is 23.1. The van der Waals surface area contributed by atoms with Gasteiger partial charge in [-0.15, -0.1) is 11.3 Å². The summed E-state index contributed by atoms with van der Waals surface area (Å²) in [7, 11) is 0. The topological polar surface area (TPSA) is 51.1 Å². The summed E-state index contributed by atoms with van der Waals surface area (Å²) < 4.78 is 3.59. The fourth-order valence-corrected chi connectivity index (χ4v) is 5.20.